The van der Waals surface area contributed by atoms with Crippen molar-refractivity contribution >= 4 is 22.7 Å². The monoisotopic (exact) mass is 458 g/mol. The maximum Gasteiger partial charge on any atom is 0.414 e. The SMILES string of the molecule is Cc1nc(-c2nn(C3CCCCO3)c3cc(F)c(F)cc23)ccc1N(C)C(=O)OC(C)(C)C. The number of amides is 1. The van der Waals surface area contributed by atoms with Crippen LogP contribution in [0.1, 0.15) is 52.0 Å². The molecule has 0 aliphatic carbocycles. The highest BCUT2D eigenvalue weighted by Crippen LogP contribution is 2.34. The number of halogens is 2. The summed E-state index contributed by atoms with van der Waals surface area (Å²) in [4.78, 5) is 18.5. The van der Waals surface area contributed by atoms with E-state index in [0.29, 0.717) is 40.3 Å². The van der Waals surface area contributed by atoms with Crippen molar-refractivity contribution in [1.82, 2.24) is 14.8 Å². The Morgan fingerprint density at radius 2 is 1.94 bits per heavy atom. The van der Waals surface area contributed by atoms with E-state index >= 15 is 0 Å². The molecule has 1 aromatic carbocycles. The summed E-state index contributed by atoms with van der Waals surface area (Å²) in [5, 5.41) is 5.10. The zero-order valence-corrected chi connectivity index (χ0v) is 19.5. The number of benzene rings is 1. The van der Waals surface area contributed by atoms with Gasteiger partial charge in [-0.3, -0.25) is 4.90 Å². The van der Waals surface area contributed by atoms with Crippen LogP contribution in [0.5, 0.6) is 0 Å². The Hall–Kier alpha value is -3.07. The molecule has 0 bridgehead atoms. The molecular formula is C24H28F2N4O3. The number of carbonyl (C=O) groups is 1. The normalized spacial score (nSPS) is 16.8. The van der Waals surface area contributed by atoms with E-state index in [0.717, 1.165) is 31.4 Å². The number of carbonyl (C=O) groups excluding carboxylic acids is 1. The van der Waals surface area contributed by atoms with Crippen LogP contribution in [0.25, 0.3) is 22.3 Å². The van der Waals surface area contributed by atoms with Crippen molar-refractivity contribution in [1.29, 1.82) is 0 Å². The smallest absolute Gasteiger partial charge is 0.414 e. The Labute approximate surface area is 191 Å². The van der Waals surface area contributed by atoms with Gasteiger partial charge in [0, 0.05) is 25.1 Å². The summed E-state index contributed by atoms with van der Waals surface area (Å²) in [5.41, 5.74) is 1.88. The van der Waals surface area contributed by atoms with E-state index in [1.54, 1.807) is 51.6 Å². The molecule has 1 amide bonds. The van der Waals surface area contributed by atoms with Crippen LogP contribution in [0.15, 0.2) is 24.3 Å². The van der Waals surface area contributed by atoms with Gasteiger partial charge in [-0.25, -0.2) is 23.2 Å². The summed E-state index contributed by atoms with van der Waals surface area (Å²) in [6.07, 6.45) is 1.81. The second kappa shape index (κ2) is 8.70. The molecule has 0 radical (unpaired) electrons. The highest BCUT2D eigenvalue weighted by Gasteiger charge is 2.25. The standard InChI is InChI=1S/C24H28F2N4O3/c1-14-19(29(5)23(31)33-24(2,3)4)10-9-18(27-14)22-15-12-16(25)17(26)13-20(15)30(28-22)21-8-6-7-11-32-21/h9-10,12-13,21H,6-8,11H2,1-5H3. The summed E-state index contributed by atoms with van der Waals surface area (Å²) >= 11 is 0. The Morgan fingerprint density at radius 3 is 2.58 bits per heavy atom. The number of aromatic nitrogens is 3. The second-order valence-electron chi connectivity index (χ2n) is 9.24. The number of hydrogen-bond donors (Lipinski definition) is 0. The lowest BCUT2D eigenvalue weighted by Gasteiger charge is -2.25. The molecule has 3 aromatic rings. The van der Waals surface area contributed by atoms with Gasteiger partial charge in [0.25, 0.3) is 0 Å². The van der Waals surface area contributed by atoms with Crippen molar-refractivity contribution in [2.24, 2.45) is 0 Å². The van der Waals surface area contributed by atoms with E-state index in [9.17, 15) is 13.6 Å². The number of pyridine rings is 1. The Bertz CT molecular complexity index is 1200. The third kappa shape index (κ3) is 4.68. The van der Waals surface area contributed by atoms with Crippen LogP contribution in [0.4, 0.5) is 19.3 Å². The fraction of sp³-hybridized carbons (Fsp3) is 0.458. The minimum absolute atomic E-state index is 0.349. The topological polar surface area (TPSA) is 69.5 Å². The number of fused-ring (bicyclic) bond motifs is 1. The van der Waals surface area contributed by atoms with Crippen molar-refractivity contribution in [2.45, 2.75) is 58.8 Å². The summed E-state index contributed by atoms with van der Waals surface area (Å²) in [6, 6.07) is 5.74. The molecule has 1 atom stereocenters. The van der Waals surface area contributed by atoms with Crippen LogP contribution >= 0.6 is 0 Å². The van der Waals surface area contributed by atoms with Crippen molar-refractivity contribution in [3.8, 4) is 11.4 Å². The first-order valence-corrected chi connectivity index (χ1v) is 11.0. The third-order valence-corrected chi connectivity index (χ3v) is 5.51. The number of anilines is 1. The third-order valence-electron chi connectivity index (χ3n) is 5.51. The lowest BCUT2D eigenvalue weighted by molar-refractivity contribution is -0.0365. The van der Waals surface area contributed by atoms with Gasteiger partial charge in [0.05, 0.1) is 22.6 Å². The van der Waals surface area contributed by atoms with Crippen molar-refractivity contribution in [2.75, 3.05) is 18.6 Å². The molecular weight excluding hydrogens is 430 g/mol. The highest BCUT2D eigenvalue weighted by atomic mass is 19.2. The van der Waals surface area contributed by atoms with Gasteiger partial charge in [-0.15, -0.1) is 0 Å². The minimum Gasteiger partial charge on any atom is -0.443 e. The number of hydrogen-bond acceptors (Lipinski definition) is 5. The van der Waals surface area contributed by atoms with Crippen LogP contribution in [0, 0.1) is 18.6 Å². The van der Waals surface area contributed by atoms with Crippen LogP contribution < -0.4 is 4.90 Å². The van der Waals surface area contributed by atoms with Crippen LogP contribution in [0.2, 0.25) is 0 Å². The van der Waals surface area contributed by atoms with Gasteiger partial charge in [0.2, 0.25) is 0 Å². The van der Waals surface area contributed by atoms with Gasteiger partial charge in [0.15, 0.2) is 17.9 Å². The summed E-state index contributed by atoms with van der Waals surface area (Å²) in [5.74, 6) is -1.89. The molecule has 1 fully saturated rings. The van der Waals surface area contributed by atoms with E-state index in [1.165, 1.54) is 4.90 Å². The lowest BCUT2D eigenvalue weighted by Crippen LogP contribution is -2.34. The molecule has 0 spiro atoms. The maximum atomic E-state index is 14.1. The highest BCUT2D eigenvalue weighted by molar-refractivity contribution is 5.93. The van der Waals surface area contributed by atoms with E-state index in [-0.39, 0.29) is 6.23 Å². The summed E-state index contributed by atoms with van der Waals surface area (Å²) in [7, 11) is 1.61. The predicted octanol–water partition coefficient (Wildman–Crippen LogP) is 5.76. The number of nitrogens with zero attached hydrogens (tertiary/aromatic N) is 4. The fourth-order valence-electron chi connectivity index (χ4n) is 3.93. The Morgan fingerprint density at radius 1 is 1.21 bits per heavy atom. The van der Waals surface area contributed by atoms with E-state index in [2.05, 4.69) is 10.1 Å². The number of ether oxygens (including phenoxy) is 2. The summed E-state index contributed by atoms with van der Waals surface area (Å²) in [6.45, 7) is 7.75. The maximum absolute atomic E-state index is 14.1. The van der Waals surface area contributed by atoms with Crippen molar-refractivity contribution < 1.29 is 23.0 Å². The first-order chi connectivity index (χ1) is 15.5. The Kier molecular flexibility index (Phi) is 6.09. The quantitative estimate of drug-likeness (QED) is 0.499. The summed E-state index contributed by atoms with van der Waals surface area (Å²) < 4.78 is 41.1. The Balaban J connectivity index is 1.75. The molecule has 2 aromatic heterocycles. The first-order valence-electron chi connectivity index (χ1n) is 11.0. The molecule has 1 aliphatic heterocycles. The zero-order valence-electron chi connectivity index (χ0n) is 19.5. The molecule has 1 saturated heterocycles. The lowest BCUT2D eigenvalue weighted by atomic mass is 10.1. The van der Waals surface area contributed by atoms with Gasteiger partial charge in [-0.05, 0) is 65.2 Å². The molecule has 0 N–H and O–H groups in total. The molecule has 0 saturated carbocycles. The zero-order chi connectivity index (χ0) is 23.9. The van der Waals surface area contributed by atoms with Crippen LogP contribution in [-0.2, 0) is 9.47 Å². The largest absolute Gasteiger partial charge is 0.443 e. The van der Waals surface area contributed by atoms with Gasteiger partial charge < -0.3 is 9.47 Å². The van der Waals surface area contributed by atoms with Gasteiger partial charge in [-0.1, -0.05) is 0 Å². The number of aryl methyl sites for hydroxylation is 1. The molecule has 7 nitrogen and oxygen atoms in total. The molecule has 1 unspecified atom stereocenters. The van der Waals surface area contributed by atoms with E-state index in [1.807, 2.05) is 0 Å². The average Bonchev–Trinajstić information content (AvgIpc) is 3.11. The molecule has 1 aliphatic rings. The molecule has 4 rings (SSSR count). The number of rotatable bonds is 3. The van der Waals surface area contributed by atoms with Gasteiger partial charge in [-0.2, -0.15) is 5.10 Å². The van der Waals surface area contributed by atoms with E-state index in [4.69, 9.17) is 9.47 Å². The second-order valence-corrected chi connectivity index (χ2v) is 9.24. The molecule has 3 heterocycles. The predicted molar refractivity (Wildman–Crippen MR) is 121 cm³/mol. The van der Waals surface area contributed by atoms with Crippen molar-refractivity contribution in [3.63, 3.8) is 0 Å². The van der Waals surface area contributed by atoms with Crippen LogP contribution in [0.3, 0.4) is 0 Å². The van der Waals surface area contributed by atoms with Crippen LogP contribution in [-0.4, -0.2) is 40.1 Å². The van der Waals surface area contributed by atoms with Gasteiger partial charge in [0.1, 0.15) is 11.3 Å². The molecule has 9 heteroatoms. The van der Waals surface area contributed by atoms with Crippen molar-refractivity contribution in [3.05, 3.63) is 41.6 Å². The molecule has 33 heavy (non-hydrogen) atoms. The van der Waals surface area contributed by atoms with Gasteiger partial charge >= 0.3 is 6.09 Å². The fourth-order valence-corrected chi connectivity index (χ4v) is 3.93. The van der Waals surface area contributed by atoms with E-state index < -0.39 is 23.3 Å². The minimum atomic E-state index is -0.953. The average molecular weight is 459 g/mol. The molecule has 176 valence electrons. The first kappa shape index (κ1) is 23.1.